The van der Waals surface area contributed by atoms with Crippen LogP contribution in [0.2, 0.25) is 0 Å². The Morgan fingerprint density at radius 1 is 1.16 bits per heavy atom. The molecule has 4 aromatic rings. The number of amides is 1. The molecule has 2 heterocycles. The number of nitrogens with zero attached hydrogens (tertiary/aromatic N) is 2. The number of thiazole rings is 1. The summed E-state index contributed by atoms with van der Waals surface area (Å²) in [4.78, 5) is 21.0. The molecule has 0 atom stereocenters. The third-order valence-corrected chi connectivity index (χ3v) is 5.45. The summed E-state index contributed by atoms with van der Waals surface area (Å²) < 4.78 is 30.1. The van der Waals surface area contributed by atoms with Crippen LogP contribution < -0.4 is 14.8 Å². The number of aryl methyl sites for hydroxylation is 1. The SMILES string of the molecule is COc1ccc(OC)c(-c2csc(NC(=O)CCc3ncc(-c4ccccc4F)o3)n2)c1. The first-order valence-corrected chi connectivity index (χ1v) is 10.6. The van der Waals surface area contributed by atoms with Gasteiger partial charge < -0.3 is 19.2 Å². The summed E-state index contributed by atoms with van der Waals surface area (Å²) in [7, 11) is 3.17. The lowest BCUT2D eigenvalue weighted by molar-refractivity contribution is -0.116. The molecule has 1 amide bonds. The summed E-state index contributed by atoms with van der Waals surface area (Å²) in [6, 6.07) is 11.7. The zero-order valence-corrected chi connectivity index (χ0v) is 18.2. The number of benzene rings is 2. The van der Waals surface area contributed by atoms with Gasteiger partial charge in [-0.3, -0.25) is 4.79 Å². The van der Waals surface area contributed by atoms with Gasteiger partial charge in [-0.15, -0.1) is 11.3 Å². The Hall–Kier alpha value is -3.72. The Labute approximate surface area is 187 Å². The van der Waals surface area contributed by atoms with Crippen LogP contribution in [0.1, 0.15) is 12.3 Å². The van der Waals surface area contributed by atoms with Crippen LogP contribution >= 0.6 is 11.3 Å². The molecule has 2 aromatic carbocycles. The number of halogens is 1. The van der Waals surface area contributed by atoms with Crippen LogP contribution in [0.5, 0.6) is 11.5 Å². The first kappa shape index (κ1) is 21.5. The summed E-state index contributed by atoms with van der Waals surface area (Å²) in [5.74, 6) is 1.41. The monoisotopic (exact) mass is 453 g/mol. The van der Waals surface area contributed by atoms with Gasteiger partial charge in [0.1, 0.15) is 17.3 Å². The van der Waals surface area contributed by atoms with Crippen LogP contribution in [0.25, 0.3) is 22.6 Å². The van der Waals surface area contributed by atoms with Gasteiger partial charge in [0.25, 0.3) is 0 Å². The minimum absolute atomic E-state index is 0.147. The number of hydrogen-bond donors (Lipinski definition) is 1. The quantitative estimate of drug-likeness (QED) is 0.395. The van der Waals surface area contributed by atoms with Gasteiger partial charge in [0.05, 0.1) is 31.7 Å². The van der Waals surface area contributed by atoms with Crippen LogP contribution in [-0.2, 0) is 11.2 Å². The van der Waals surface area contributed by atoms with E-state index in [9.17, 15) is 9.18 Å². The van der Waals surface area contributed by atoms with Gasteiger partial charge in [-0.1, -0.05) is 12.1 Å². The zero-order valence-electron chi connectivity index (χ0n) is 17.4. The van der Waals surface area contributed by atoms with Gasteiger partial charge in [0, 0.05) is 23.8 Å². The molecule has 2 aromatic heterocycles. The van der Waals surface area contributed by atoms with E-state index in [0.717, 1.165) is 5.56 Å². The van der Waals surface area contributed by atoms with E-state index >= 15 is 0 Å². The lowest BCUT2D eigenvalue weighted by atomic mass is 10.1. The van der Waals surface area contributed by atoms with Crippen molar-refractivity contribution in [1.82, 2.24) is 9.97 Å². The number of aromatic nitrogens is 2. The maximum atomic E-state index is 13.9. The zero-order chi connectivity index (χ0) is 22.5. The molecule has 9 heteroatoms. The highest BCUT2D eigenvalue weighted by atomic mass is 32.1. The predicted molar refractivity (Wildman–Crippen MR) is 120 cm³/mol. The van der Waals surface area contributed by atoms with Crippen LogP contribution in [-0.4, -0.2) is 30.1 Å². The van der Waals surface area contributed by atoms with Crippen LogP contribution in [0, 0.1) is 5.82 Å². The van der Waals surface area contributed by atoms with Gasteiger partial charge in [-0.05, 0) is 30.3 Å². The Balaban J connectivity index is 1.38. The Bertz CT molecular complexity index is 1240. The van der Waals surface area contributed by atoms with Gasteiger partial charge in [0.15, 0.2) is 16.8 Å². The molecule has 32 heavy (non-hydrogen) atoms. The van der Waals surface area contributed by atoms with E-state index < -0.39 is 0 Å². The minimum atomic E-state index is -0.389. The van der Waals surface area contributed by atoms with Gasteiger partial charge in [-0.2, -0.15) is 0 Å². The molecule has 0 radical (unpaired) electrons. The van der Waals surface area contributed by atoms with Crippen molar-refractivity contribution in [2.45, 2.75) is 12.8 Å². The summed E-state index contributed by atoms with van der Waals surface area (Å²) in [5.41, 5.74) is 1.77. The molecular weight excluding hydrogens is 433 g/mol. The summed E-state index contributed by atoms with van der Waals surface area (Å²) in [5, 5.41) is 5.08. The standard InChI is InChI=1S/C23H20FN3O4S/c1-29-14-7-8-19(30-2)16(11-14)18-13-32-23(26-18)27-21(28)9-10-22-25-12-20(31-22)15-5-3-4-6-17(15)24/h3-8,11-13H,9-10H2,1-2H3,(H,26,27,28). The summed E-state index contributed by atoms with van der Waals surface area (Å²) in [6.45, 7) is 0. The predicted octanol–water partition coefficient (Wildman–Crippen LogP) is 5.19. The molecule has 0 aliphatic heterocycles. The lowest BCUT2D eigenvalue weighted by Crippen LogP contribution is -2.12. The molecule has 1 N–H and O–H groups in total. The third kappa shape index (κ3) is 4.78. The van der Waals surface area contributed by atoms with Gasteiger partial charge >= 0.3 is 0 Å². The smallest absolute Gasteiger partial charge is 0.226 e. The van der Waals surface area contributed by atoms with E-state index in [4.69, 9.17) is 13.9 Å². The Morgan fingerprint density at radius 2 is 2.00 bits per heavy atom. The van der Waals surface area contributed by atoms with E-state index in [2.05, 4.69) is 15.3 Å². The number of nitrogens with one attached hydrogen (secondary N) is 1. The maximum absolute atomic E-state index is 13.9. The van der Waals surface area contributed by atoms with E-state index in [1.165, 1.54) is 23.6 Å². The largest absolute Gasteiger partial charge is 0.497 e. The highest BCUT2D eigenvalue weighted by Gasteiger charge is 2.15. The normalized spacial score (nSPS) is 10.7. The summed E-state index contributed by atoms with van der Waals surface area (Å²) >= 11 is 1.31. The number of ether oxygens (including phenoxy) is 2. The number of rotatable bonds is 8. The van der Waals surface area contributed by atoms with Crippen LogP contribution in [0.4, 0.5) is 9.52 Å². The van der Waals surface area contributed by atoms with Crippen molar-refractivity contribution >= 4 is 22.4 Å². The number of methoxy groups -OCH3 is 2. The van der Waals surface area contributed by atoms with Crippen molar-refractivity contribution < 1.29 is 23.1 Å². The molecule has 0 spiro atoms. The highest BCUT2D eigenvalue weighted by molar-refractivity contribution is 7.14. The molecule has 0 fully saturated rings. The van der Waals surface area contributed by atoms with Crippen molar-refractivity contribution in [3.63, 3.8) is 0 Å². The first-order chi connectivity index (χ1) is 15.6. The lowest BCUT2D eigenvalue weighted by Gasteiger charge is -2.08. The Morgan fingerprint density at radius 3 is 2.78 bits per heavy atom. The second-order valence-electron chi connectivity index (χ2n) is 6.75. The van der Waals surface area contributed by atoms with Crippen LogP contribution in [0.15, 0.2) is 58.5 Å². The third-order valence-electron chi connectivity index (χ3n) is 4.69. The van der Waals surface area contributed by atoms with Crippen molar-refractivity contribution in [1.29, 1.82) is 0 Å². The minimum Gasteiger partial charge on any atom is -0.497 e. The topological polar surface area (TPSA) is 86.5 Å². The first-order valence-electron chi connectivity index (χ1n) is 9.74. The van der Waals surface area contributed by atoms with Gasteiger partial charge in [0.2, 0.25) is 5.91 Å². The molecule has 0 saturated carbocycles. The number of anilines is 1. The number of hydrogen-bond acceptors (Lipinski definition) is 7. The number of carbonyl (C=O) groups is 1. The fourth-order valence-electron chi connectivity index (χ4n) is 3.08. The molecule has 164 valence electrons. The van der Waals surface area contributed by atoms with E-state index in [0.29, 0.717) is 39.5 Å². The molecule has 0 aliphatic rings. The van der Waals surface area contributed by atoms with Crippen LogP contribution in [0.3, 0.4) is 0 Å². The van der Waals surface area contributed by atoms with Crippen molar-refractivity contribution in [2.24, 2.45) is 0 Å². The molecule has 0 saturated heterocycles. The molecule has 4 rings (SSSR count). The molecule has 0 aliphatic carbocycles. The van der Waals surface area contributed by atoms with E-state index in [-0.39, 0.29) is 24.6 Å². The molecule has 7 nitrogen and oxygen atoms in total. The highest BCUT2D eigenvalue weighted by Crippen LogP contribution is 2.35. The van der Waals surface area contributed by atoms with Gasteiger partial charge in [-0.25, -0.2) is 14.4 Å². The van der Waals surface area contributed by atoms with E-state index in [1.807, 2.05) is 11.4 Å². The average Bonchev–Trinajstić information content (AvgIpc) is 3.47. The maximum Gasteiger partial charge on any atom is 0.226 e. The van der Waals surface area contributed by atoms with Crippen molar-refractivity contribution in [3.8, 4) is 34.1 Å². The number of oxazole rings is 1. The fourth-order valence-corrected chi connectivity index (χ4v) is 3.81. The number of carbonyl (C=O) groups excluding carboxylic acids is 1. The molecular formula is C23H20FN3O4S. The summed E-state index contributed by atoms with van der Waals surface area (Å²) in [6.07, 6.45) is 1.89. The molecule has 0 unspecified atom stereocenters. The van der Waals surface area contributed by atoms with Crippen molar-refractivity contribution in [3.05, 3.63) is 65.7 Å². The second kappa shape index (κ2) is 9.61. The average molecular weight is 453 g/mol. The fraction of sp³-hybridized carbons (Fsp3) is 0.174. The molecule has 0 bridgehead atoms. The Kier molecular flexibility index (Phi) is 6.46. The van der Waals surface area contributed by atoms with E-state index in [1.54, 1.807) is 44.6 Å². The van der Waals surface area contributed by atoms with Crippen molar-refractivity contribution in [2.75, 3.05) is 19.5 Å². The second-order valence-corrected chi connectivity index (χ2v) is 7.61.